The Morgan fingerprint density at radius 1 is 0.714 bits per heavy atom. The van der Waals surface area contributed by atoms with Crippen molar-refractivity contribution in [1.29, 1.82) is 0 Å². The van der Waals surface area contributed by atoms with Gasteiger partial charge < -0.3 is 4.57 Å². The lowest BCUT2D eigenvalue weighted by molar-refractivity contribution is 0.579. The van der Waals surface area contributed by atoms with Gasteiger partial charge in [-0.05, 0) is 17.0 Å². The minimum absolute atomic E-state index is 0.486. The molecule has 0 bridgehead atoms. The predicted octanol–water partition coefficient (Wildman–Crippen LogP) is 5.88. The zero-order chi connectivity index (χ0) is 19.2. The Labute approximate surface area is 169 Å². The second-order valence-electron chi connectivity index (χ2n) is 6.41. The van der Waals surface area contributed by atoms with Gasteiger partial charge in [0.25, 0.3) is 0 Å². The van der Waals surface area contributed by atoms with Crippen molar-refractivity contribution in [3.63, 3.8) is 0 Å². The monoisotopic (exact) mass is 401 g/mol. The van der Waals surface area contributed by atoms with Crippen molar-refractivity contribution in [3.05, 3.63) is 119 Å². The number of benzene rings is 3. The quantitative estimate of drug-likeness (QED) is 0.293. The second-order valence-corrected chi connectivity index (χ2v) is 10.2. The summed E-state index contributed by atoms with van der Waals surface area (Å²) in [6.45, 7) is 0. The summed E-state index contributed by atoms with van der Waals surface area (Å²) in [5.41, 5.74) is 0.950. The third-order valence-electron chi connectivity index (χ3n) is 4.61. The zero-order valence-electron chi connectivity index (χ0n) is 15.3. The first-order valence-corrected chi connectivity index (χ1v) is 11.8. The molecule has 0 fully saturated rings. The van der Waals surface area contributed by atoms with E-state index in [0.717, 1.165) is 21.0 Å². The summed E-state index contributed by atoms with van der Waals surface area (Å²) in [6.07, 6.45) is 1.85. The van der Waals surface area contributed by atoms with Crippen LogP contribution in [0.5, 0.6) is 0 Å². The fourth-order valence-electron chi connectivity index (χ4n) is 3.25. The van der Waals surface area contributed by atoms with Crippen molar-refractivity contribution >= 4 is 35.3 Å². The Bertz CT molecular complexity index is 1030. The van der Waals surface area contributed by atoms with Crippen molar-refractivity contribution in [2.75, 3.05) is 0 Å². The first-order chi connectivity index (χ1) is 13.8. The number of hydrogen-bond donors (Lipinski definition) is 0. The minimum atomic E-state index is -3.07. The molecule has 1 atom stereocenters. The molecule has 0 unspecified atom stereocenters. The topological polar surface area (TPSA) is 29.4 Å². The molecule has 0 aliphatic heterocycles. The highest BCUT2D eigenvalue weighted by Crippen LogP contribution is 2.57. The molecule has 138 valence electrons. The molecule has 1 heterocycles. The van der Waals surface area contributed by atoms with Gasteiger partial charge in [-0.15, -0.1) is 11.3 Å². The molecule has 4 heteroatoms. The van der Waals surface area contributed by atoms with Crippen LogP contribution in [-0.4, -0.2) is 6.21 Å². The zero-order valence-corrected chi connectivity index (χ0v) is 17.0. The summed E-state index contributed by atoms with van der Waals surface area (Å²) < 4.78 is 14.8. The number of rotatable bonds is 6. The maximum absolute atomic E-state index is 14.8. The predicted molar refractivity (Wildman–Crippen MR) is 121 cm³/mol. The summed E-state index contributed by atoms with van der Waals surface area (Å²) in [5, 5.41) is 3.66. The van der Waals surface area contributed by atoms with Crippen molar-refractivity contribution in [2.24, 2.45) is 4.99 Å². The van der Waals surface area contributed by atoms with E-state index in [1.807, 2.05) is 115 Å². The van der Waals surface area contributed by atoms with Crippen molar-refractivity contribution in [2.45, 2.75) is 5.78 Å². The van der Waals surface area contributed by atoms with Gasteiger partial charge in [-0.1, -0.05) is 97.1 Å². The van der Waals surface area contributed by atoms with E-state index in [1.165, 1.54) is 0 Å². The number of nitrogens with zero attached hydrogens (tertiary/aromatic N) is 1. The van der Waals surface area contributed by atoms with Crippen LogP contribution >= 0.6 is 18.5 Å². The SMILES string of the molecule is O=P(c1ccccc1)(c1ccccc1)[C@H](N=Cc1cccs1)c1ccccc1. The lowest BCUT2D eigenvalue weighted by Crippen LogP contribution is -2.20. The van der Waals surface area contributed by atoms with Gasteiger partial charge in [0.05, 0.1) is 0 Å². The van der Waals surface area contributed by atoms with Crippen LogP contribution in [0.2, 0.25) is 0 Å². The smallest absolute Gasteiger partial charge is 0.170 e. The van der Waals surface area contributed by atoms with E-state index in [0.29, 0.717) is 0 Å². The molecule has 0 spiro atoms. The summed E-state index contributed by atoms with van der Waals surface area (Å²) in [6, 6.07) is 33.4. The molecule has 28 heavy (non-hydrogen) atoms. The molecule has 1 aromatic heterocycles. The van der Waals surface area contributed by atoms with Gasteiger partial charge in [0.1, 0.15) is 5.78 Å². The largest absolute Gasteiger partial charge is 0.311 e. The van der Waals surface area contributed by atoms with Gasteiger partial charge in [-0.2, -0.15) is 0 Å². The van der Waals surface area contributed by atoms with E-state index < -0.39 is 12.9 Å². The average molecular weight is 401 g/mol. The Balaban J connectivity index is 1.92. The van der Waals surface area contributed by atoms with Gasteiger partial charge in [0.15, 0.2) is 7.14 Å². The molecule has 0 N–H and O–H groups in total. The first kappa shape index (κ1) is 18.6. The van der Waals surface area contributed by atoms with Crippen LogP contribution in [0.4, 0.5) is 0 Å². The lowest BCUT2D eigenvalue weighted by atomic mass is 10.2. The number of hydrogen-bond acceptors (Lipinski definition) is 3. The van der Waals surface area contributed by atoms with E-state index in [-0.39, 0.29) is 0 Å². The molecule has 0 amide bonds. The Morgan fingerprint density at radius 2 is 1.25 bits per heavy atom. The van der Waals surface area contributed by atoms with Crippen molar-refractivity contribution in [1.82, 2.24) is 0 Å². The fraction of sp³-hybridized carbons (Fsp3) is 0.0417. The average Bonchev–Trinajstić information content (AvgIpc) is 3.29. The van der Waals surface area contributed by atoms with Crippen molar-refractivity contribution in [3.8, 4) is 0 Å². The van der Waals surface area contributed by atoms with E-state index in [9.17, 15) is 4.57 Å². The van der Waals surface area contributed by atoms with E-state index >= 15 is 0 Å². The first-order valence-electron chi connectivity index (χ1n) is 9.11. The van der Waals surface area contributed by atoms with E-state index in [4.69, 9.17) is 4.99 Å². The molecule has 4 aromatic rings. The summed E-state index contributed by atoms with van der Waals surface area (Å²) in [4.78, 5) is 5.93. The van der Waals surface area contributed by atoms with Crippen molar-refractivity contribution < 1.29 is 4.57 Å². The molecule has 0 saturated carbocycles. The Hall–Kier alpha value is -2.74. The van der Waals surface area contributed by atoms with Gasteiger partial charge >= 0.3 is 0 Å². The molecule has 3 aromatic carbocycles. The molecule has 0 saturated heterocycles. The molecular weight excluding hydrogens is 381 g/mol. The molecule has 4 rings (SSSR count). The van der Waals surface area contributed by atoms with Gasteiger partial charge in [-0.25, -0.2) is 0 Å². The standard InChI is InChI=1S/C24H20NOPS/c26-27(21-13-6-2-7-14-21,22-15-8-3-9-16-22)24(20-11-4-1-5-12-20)25-19-23-17-10-18-28-23/h1-19,24H/t24-/m0/s1. The Morgan fingerprint density at radius 3 is 1.75 bits per heavy atom. The summed E-state index contributed by atoms with van der Waals surface area (Å²) in [5.74, 6) is -0.486. The van der Waals surface area contributed by atoms with Crippen LogP contribution in [0.1, 0.15) is 16.2 Å². The fourth-order valence-corrected chi connectivity index (χ4v) is 6.79. The highest BCUT2D eigenvalue weighted by Gasteiger charge is 2.37. The summed E-state index contributed by atoms with van der Waals surface area (Å²) >= 11 is 1.62. The molecule has 0 radical (unpaired) electrons. The second kappa shape index (κ2) is 8.52. The molecule has 0 aliphatic carbocycles. The highest BCUT2D eigenvalue weighted by atomic mass is 32.1. The van der Waals surface area contributed by atoms with Crippen LogP contribution in [-0.2, 0) is 4.57 Å². The molecule has 2 nitrogen and oxygen atoms in total. The van der Waals surface area contributed by atoms with Gasteiger partial charge in [0, 0.05) is 21.7 Å². The van der Waals surface area contributed by atoms with Gasteiger partial charge in [-0.3, -0.25) is 4.99 Å². The van der Waals surface area contributed by atoms with Crippen LogP contribution in [0.3, 0.4) is 0 Å². The number of thiophene rings is 1. The maximum atomic E-state index is 14.8. The van der Waals surface area contributed by atoms with E-state index in [2.05, 4.69) is 0 Å². The Kier molecular flexibility index (Phi) is 5.66. The van der Waals surface area contributed by atoms with Crippen LogP contribution in [0.25, 0.3) is 0 Å². The van der Waals surface area contributed by atoms with Gasteiger partial charge in [0.2, 0.25) is 0 Å². The molecular formula is C24H20NOPS. The minimum Gasteiger partial charge on any atom is -0.311 e. The number of aliphatic imine (C=N–C) groups is 1. The van der Waals surface area contributed by atoms with Crippen LogP contribution in [0, 0.1) is 0 Å². The van der Waals surface area contributed by atoms with Crippen LogP contribution in [0.15, 0.2) is 114 Å². The van der Waals surface area contributed by atoms with Crippen LogP contribution < -0.4 is 10.6 Å². The highest BCUT2D eigenvalue weighted by molar-refractivity contribution is 7.79. The third kappa shape index (κ3) is 3.77. The third-order valence-corrected chi connectivity index (χ3v) is 8.67. The lowest BCUT2D eigenvalue weighted by Gasteiger charge is -2.26. The summed E-state index contributed by atoms with van der Waals surface area (Å²) in [7, 11) is -3.07. The van der Waals surface area contributed by atoms with E-state index in [1.54, 1.807) is 11.3 Å². The molecule has 0 aliphatic rings. The normalized spacial score (nSPS) is 12.9. The maximum Gasteiger partial charge on any atom is 0.170 e.